The maximum atomic E-state index is 13.8. The maximum absolute atomic E-state index is 13.8. The molecule has 2 amide bonds. The molecule has 0 saturated carbocycles. The minimum absolute atomic E-state index is 0.0111. The van der Waals surface area contributed by atoms with Crippen molar-refractivity contribution < 1.29 is 18.7 Å². The zero-order valence-corrected chi connectivity index (χ0v) is 18.1. The molecule has 1 saturated heterocycles. The first-order valence-electron chi connectivity index (χ1n) is 9.56. The summed E-state index contributed by atoms with van der Waals surface area (Å²) < 4.78 is 19.4. The van der Waals surface area contributed by atoms with Gasteiger partial charge in [0.2, 0.25) is 0 Å². The molecule has 0 bridgehead atoms. The number of hydrogen-bond donors (Lipinski definition) is 1. The van der Waals surface area contributed by atoms with Crippen molar-refractivity contribution in [2.45, 2.75) is 6.61 Å². The monoisotopic (exact) mass is 466 g/mol. The molecule has 1 N–H and O–H groups in total. The van der Waals surface area contributed by atoms with E-state index in [0.717, 1.165) is 0 Å². The molecule has 8 heteroatoms. The third-order valence-electron chi connectivity index (χ3n) is 4.72. The van der Waals surface area contributed by atoms with E-state index in [2.05, 4.69) is 5.32 Å². The van der Waals surface area contributed by atoms with Gasteiger partial charge in [0, 0.05) is 5.56 Å². The molecule has 0 aliphatic carbocycles. The fourth-order valence-corrected chi connectivity index (χ4v) is 3.66. The normalized spacial score (nSPS) is 15.1. The Morgan fingerprint density at radius 2 is 1.75 bits per heavy atom. The van der Waals surface area contributed by atoms with Crippen LogP contribution < -0.4 is 15.0 Å². The minimum Gasteiger partial charge on any atom is -0.487 e. The molecular formula is C24H16ClFN2O3S. The molecule has 4 rings (SSSR count). The van der Waals surface area contributed by atoms with Crippen LogP contribution in [-0.2, 0) is 16.2 Å². The molecule has 160 valence electrons. The summed E-state index contributed by atoms with van der Waals surface area (Å²) in [5, 5.41) is 2.81. The van der Waals surface area contributed by atoms with Gasteiger partial charge in [-0.05, 0) is 54.2 Å². The van der Waals surface area contributed by atoms with Crippen molar-refractivity contribution in [3.63, 3.8) is 0 Å². The zero-order chi connectivity index (χ0) is 22.7. The lowest BCUT2D eigenvalue weighted by Crippen LogP contribution is -2.54. The van der Waals surface area contributed by atoms with Gasteiger partial charge in [-0.15, -0.1) is 0 Å². The Morgan fingerprint density at radius 1 is 1.03 bits per heavy atom. The van der Waals surface area contributed by atoms with Gasteiger partial charge in [-0.25, -0.2) is 4.39 Å². The lowest BCUT2D eigenvalue weighted by Gasteiger charge is -2.28. The van der Waals surface area contributed by atoms with Crippen LogP contribution in [0.1, 0.15) is 11.1 Å². The van der Waals surface area contributed by atoms with Crippen LogP contribution in [0.15, 0.2) is 78.4 Å². The average molecular weight is 467 g/mol. The van der Waals surface area contributed by atoms with E-state index in [-0.39, 0.29) is 28.1 Å². The quantitative estimate of drug-likeness (QED) is 0.330. The van der Waals surface area contributed by atoms with Crippen LogP contribution in [0, 0.1) is 5.82 Å². The van der Waals surface area contributed by atoms with E-state index in [4.69, 9.17) is 28.6 Å². The van der Waals surface area contributed by atoms with Crippen molar-refractivity contribution in [3.05, 3.63) is 100 Å². The minimum atomic E-state index is -0.594. The summed E-state index contributed by atoms with van der Waals surface area (Å²) in [6.45, 7) is 0.0111. The second kappa shape index (κ2) is 9.30. The number of hydrogen-bond acceptors (Lipinski definition) is 4. The number of carbonyl (C=O) groups excluding carboxylic acids is 2. The number of nitrogens with zero attached hydrogens (tertiary/aromatic N) is 1. The third kappa shape index (κ3) is 4.54. The van der Waals surface area contributed by atoms with E-state index in [1.54, 1.807) is 60.7 Å². The molecule has 1 fully saturated rings. The molecule has 1 aliphatic heterocycles. The Bertz CT molecular complexity index is 1250. The van der Waals surface area contributed by atoms with E-state index < -0.39 is 11.8 Å². The lowest BCUT2D eigenvalue weighted by molar-refractivity contribution is -0.122. The number of ether oxygens (including phenoxy) is 1. The van der Waals surface area contributed by atoms with Gasteiger partial charge in [0.1, 0.15) is 23.7 Å². The summed E-state index contributed by atoms with van der Waals surface area (Å²) in [5.74, 6) is -1.15. The van der Waals surface area contributed by atoms with Crippen molar-refractivity contribution in [2.24, 2.45) is 0 Å². The van der Waals surface area contributed by atoms with Crippen LogP contribution in [-0.4, -0.2) is 16.9 Å². The topological polar surface area (TPSA) is 58.6 Å². The first kappa shape index (κ1) is 21.7. The Morgan fingerprint density at radius 3 is 2.47 bits per heavy atom. The summed E-state index contributed by atoms with van der Waals surface area (Å²) >= 11 is 11.5. The average Bonchev–Trinajstić information content (AvgIpc) is 2.78. The molecule has 3 aromatic carbocycles. The van der Waals surface area contributed by atoms with E-state index in [9.17, 15) is 14.0 Å². The van der Waals surface area contributed by atoms with Crippen molar-refractivity contribution in [1.29, 1.82) is 0 Å². The molecular weight excluding hydrogens is 451 g/mol. The molecule has 0 radical (unpaired) electrons. The van der Waals surface area contributed by atoms with E-state index in [1.165, 1.54) is 17.0 Å². The van der Waals surface area contributed by atoms with Crippen LogP contribution in [0.5, 0.6) is 5.75 Å². The van der Waals surface area contributed by atoms with Gasteiger partial charge in [0.05, 0.1) is 10.7 Å². The van der Waals surface area contributed by atoms with Crippen molar-refractivity contribution in [2.75, 3.05) is 4.90 Å². The molecule has 0 aromatic heterocycles. The van der Waals surface area contributed by atoms with Crippen LogP contribution >= 0.6 is 23.8 Å². The largest absolute Gasteiger partial charge is 0.487 e. The number of thiocarbonyl (C=S) groups is 1. The van der Waals surface area contributed by atoms with Gasteiger partial charge in [0.15, 0.2) is 5.11 Å². The number of para-hydroxylation sites is 1. The summed E-state index contributed by atoms with van der Waals surface area (Å²) in [6, 6.07) is 19.9. The molecule has 3 aromatic rings. The molecule has 1 aliphatic rings. The highest BCUT2D eigenvalue weighted by molar-refractivity contribution is 7.80. The molecule has 0 spiro atoms. The van der Waals surface area contributed by atoms with Crippen molar-refractivity contribution in [3.8, 4) is 5.75 Å². The maximum Gasteiger partial charge on any atom is 0.270 e. The van der Waals surface area contributed by atoms with Gasteiger partial charge >= 0.3 is 0 Å². The van der Waals surface area contributed by atoms with Crippen molar-refractivity contribution in [1.82, 2.24) is 5.32 Å². The Balaban J connectivity index is 1.56. The van der Waals surface area contributed by atoms with Crippen LogP contribution in [0.25, 0.3) is 6.08 Å². The highest BCUT2D eigenvalue weighted by Crippen LogP contribution is 2.28. The van der Waals surface area contributed by atoms with Gasteiger partial charge in [-0.1, -0.05) is 54.1 Å². The fraction of sp³-hybridized carbons (Fsp3) is 0.0417. The van der Waals surface area contributed by atoms with Crippen LogP contribution in [0.3, 0.4) is 0 Å². The molecule has 0 atom stereocenters. The number of rotatable bonds is 5. The van der Waals surface area contributed by atoms with Gasteiger partial charge in [-0.2, -0.15) is 0 Å². The summed E-state index contributed by atoms with van der Waals surface area (Å²) in [5.41, 5.74) is 1.38. The van der Waals surface area contributed by atoms with Crippen LogP contribution in [0.4, 0.5) is 10.1 Å². The first-order valence-corrected chi connectivity index (χ1v) is 10.3. The predicted octanol–water partition coefficient (Wildman–Crippen LogP) is 4.89. The Labute approximate surface area is 194 Å². The molecule has 32 heavy (non-hydrogen) atoms. The first-order chi connectivity index (χ1) is 15.4. The van der Waals surface area contributed by atoms with Gasteiger partial charge in [-0.3, -0.25) is 19.8 Å². The second-order valence-corrected chi connectivity index (χ2v) is 7.66. The smallest absolute Gasteiger partial charge is 0.270 e. The third-order valence-corrected chi connectivity index (χ3v) is 5.30. The second-order valence-electron chi connectivity index (χ2n) is 6.86. The number of anilines is 1. The van der Waals surface area contributed by atoms with Gasteiger partial charge in [0.25, 0.3) is 11.8 Å². The van der Waals surface area contributed by atoms with E-state index in [0.29, 0.717) is 22.6 Å². The highest BCUT2D eigenvalue weighted by Gasteiger charge is 2.34. The Hall–Kier alpha value is -3.55. The zero-order valence-electron chi connectivity index (χ0n) is 16.5. The molecule has 1 heterocycles. The summed E-state index contributed by atoms with van der Waals surface area (Å²) in [6.07, 6.45) is 1.43. The molecule has 0 unspecified atom stereocenters. The lowest BCUT2D eigenvalue weighted by atomic mass is 10.1. The Kier molecular flexibility index (Phi) is 6.30. The summed E-state index contributed by atoms with van der Waals surface area (Å²) in [7, 11) is 0. The number of halogens is 2. The fourth-order valence-electron chi connectivity index (χ4n) is 3.13. The van der Waals surface area contributed by atoms with E-state index in [1.807, 2.05) is 6.07 Å². The van der Waals surface area contributed by atoms with Crippen LogP contribution in [0.2, 0.25) is 5.02 Å². The highest BCUT2D eigenvalue weighted by atomic mass is 35.5. The number of carbonyl (C=O) groups is 2. The number of nitrogens with one attached hydrogen (secondary N) is 1. The number of amides is 2. The molecule has 5 nitrogen and oxygen atoms in total. The number of benzene rings is 3. The summed E-state index contributed by atoms with van der Waals surface area (Å²) in [4.78, 5) is 26.7. The van der Waals surface area contributed by atoms with Gasteiger partial charge < -0.3 is 4.74 Å². The van der Waals surface area contributed by atoms with Crippen molar-refractivity contribution >= 4 is 52.5 Å². The van der Waals surface area contributed by atoms with E-state index >= 15 is 0 Å². The SMILES string of the molecule is O=C1NC(=S)N(c2ccccc2)C(=O)/C1=C/c1ccc(OCc2ccccc2F)c(Cl)c1. The predicted molar refractivity (Wildman–Crippen MR) is 125 cm³/mol. The standard InChI is InChI=1S/C24H16ClFN2O3S/c25-19-13-15(10-11-21(19)31-14-16-6-4-5-9-20(16)26)12-18-22(29)27-24(32)28(23(18)30)17-7-2-1-3-8-17/h1-13H,14H2,(H,27,29,32)/b18-12+.